The van der Waals surface area contributed by atoms with E-state index in [1.165, 1.54) is 23.6 Å². The predicted molar refractivity (Wildman–Crippen MR) is 115 cm³/mol. The minimum Gasteiger partial charge on any atom is -0.482 e. The zero-order valence-electron chi connectivity index (χ0n) is 17.8. The summed E-state index contributed by atoms with van der Waals surface area (Å²) in [4.78, 5) is 37.9. The first-order valence-corrected chi connectivity index (χ1v) is 10.2. The van der Waals surface area contributed by atoms with E-state index in [2.05, 4.69) is 15.0 Å². The number of benzene rings is 1. The van der Waals surface area contributed by atoms with E-state index in [1.54, 1.807) is 29.7 Å². The van der Waals surface area contributed by atoms with E-state index in [9.17, 15) is 19.8 Å². The molecule has 3 heterocycles. The number of nitrogens with two attached hydrogens (primary N) is 1. The standard InChI is InChI=1S/C21H24N6O6/c1-21(32)6-13(28)7-26(20(31)12-3-2-4-14(5-12)33-9-16(29)30)8-15(21)27-11-25-17-18(22)23-10-24-19(17)27/h2-5,10-11,13,15,28,32H,6-9H2,1H3,(H,29,30)(H2,22,23,24)/t13-,15+,21+/m0/s1. The molecule has 0 aliphatic carbocycles. The lowest BCUT2D eigenvalue weighted by atomic mass is 9.91. The number of carbonyl (C=O) groups excluding carboxylic acids is 1. The van der Waals surface area contributed by atoms with Crippen molar-refractivity contribution in [3.8, 4) is 5.75 Å². The van der Waals surface area contributed by atoms with Gasteiger partial charge in [-0.3, -0.25) is 4.79 Å². The van der Waals surface area contributed by atoms with Crippen LogP contribution in [0.4, 0.5) is 5.82 Å². The number of carbonyl (C=O) groups is 2. The number of β-amino-alcohol motifs (C(OH)–C–C–N with tert-alkyl or cyclic N) is 1. The molecule has 1 saturated heterocycles. The summed E-state index contributed by atoms with van der Waals surface area (Å²) in [6, 6.07) is 5.45. The Balaban J connectivity index is 1.67. The molecule has 12 nitrogen and oxygen atoms in total. The second kappa shape index (κ2) is 8.64. The normalized spacial score (nSPS) is 23.3. The second-order valence-electron chi connectivity index (χ2n) is 8.23. The second-order valence-corrected chi connectivity index (χ2v) is 8.23. The Labute approximate surface area is 188 Å². The molecule has 4 rings (SSSR count). The summed E-state index contributed by atoms with van der Waals surface area (Å²) in [5.41, 5.74) is 5.53. The quantitative estimate of drug-likeness (QED) is 0.411. The average Bonchev–Trinajstić information content (AvgIpc) is 3.14. The van der Waals surface area contributed by atoms with Crippen LogP contribution >= 0.6 is 0 Å². The molecule has 2 aromatic heterocycles. The monoisotopic (exact) mass is 456 g/mol. The molecule has 0 spiro atoms. The van der Waals surface area contributed by atoms with Crippen molar-refractivity contribution in [1.29, 1.82) is 0 Å². The van der Waals surface area contributed by atoms with Gasteiger partial charge in [0.25, 0.3) is 5.91 Å². The molecule has 1 amide bonds. The van der Waals surface area contributed by atoms with Gasteiger partial charge in [-0.2, -0.15) is 0 Å². The molecule has 0 saturated carbocycles. The van der Waals surface area contributed by atoms with E-state index < -0.39 is 36.2 Å². The van der Waals surface area contributed by atoms with Gasteiger partial charge in [-0.25, -0.2) is 19.7 Å². The van der Waals surface area contributed by atoms with Gasteiger partial charge >= 0.3 is 5.97 Å². The van der Waals surface area contributed by atoms with E-state index in [0.717, 1.165) is 0 Å². The average molecular weight is 456 g/mol. The van der Waals surface area contributed by atoms with Crippen molar-refractivity contribution < 1.29 is 29.6 Å². The van der Waals surface area contributed by atoms with E-state index in [0.29, 0.717) is 11.2 Å². The van der Waals surface area contributed by atoms with Gasteiger partial charge in [0.1, 0.15) is 17.6 Å². The number of carboxylic acids is 1. The van der Waals surface area contributed by atoms with Gasteiger partial charge in [0.15, 0.2) is 18.1 Å². The topological polar surface area (TPSA) is 177 Å². The maximum absolute atomic E-state index is 13.3. The number of hydrogen-bond acceptors (Lipinski definition) is 9. The Morgan fingerprint density at radius 2 is 2.06 bits per heavy atom. The van der Waals surface area contributed by atoms with Gasteiger partial charge in [-0.1, -0.05) is 6.07 Å². The molecule has 0 radical (unpaired) electrons. The number of carboxylic acid groups (broad SMARTS) is 1. The number of fused-ring (bicyclic) bond motifs is 1. The molecule has 1 aromatic carbocycles. The minimum atomic E-state index is -1.39. The number of amides is 1. The van der Waals surface area contributed by atoms with Crippen LogP contribution in [-0.2, 0) is 4.79 Å². The SMILES string of the molecule is C[C@@]1(O)C[C@H](O)CN(C(=O)c2cccc(OCC(=O)O)c2)C[C@H]1n1cnc2c(N)ncnc21. The molecule has 33 heavy (non-hydrogen) atoms. The molecule has 174 valence electrons. The number of ether oxygens (including phenoxy) is 1. The molecular formula is C21H24N6O6. The molecule has 12 heteroatoms. The maximum Gasteiger partial charge on any atom is 0.341 e. The summed E-state index contributed by atoms with van der Waals surface area (Å²) in [7, 11) is 0. The van der Waals surface area contributed by atoms with Crippen LogP contribution in [0.2, 0.25) is 0 Å². The Morgan fingerprint density at radius 3 is 2.82 bits per heavy atom. The van der Waals surface area contributed by atoms with Crippen molar-refractivity contribution in [2.45, 2.75) is 31.1 Å². The van der Waals surface area contributed by atoms with E-state index in [1.807, 2.05) is 0 Å². The number of anilines is 1. The molecule has 5 N–H and O–H groups in total. The van der Waals surface area contributed by atoms with Gasteiger partial charge < -0.3 is 35.3 Å². The lowest BCUT2D eigenvalue weighted by molar-refractivity contribution is -0.139. The summed E-state index contributed by atoms with van der Waals surface area (Å²) in [6.45, 7) is 1.10. The third-order valence-corrected chi connectivity index (χ3v) is 5.64. The van der Waals surface area contributed by atoms with Crippen molar-refractivity contribution in [2.75, 3.05) is 25.4 Å². The van der Waals surface area contributed by atoms with Crippen LogP contribution in [0.1, 0.15) is 29.7 Å². The Bertz CT molecular complexity index is 1190. The van der Waals surface area contributed by atoms with Crippen molar-refractivity contribution >= 4 is 28.9 Å². The number of likely N-dealkylation sites (tertiary alicyclic amines) is 1. The Morgan fingerprint density at radius 1 is 1.27 bits per heavy atom. The zero-order valence-corrected chi connectivity index (χ0v) is 17.8. The highest BCUT2D eigenvalue weighted by atomic mass is 16.5. The van der Waals surface area contributed by atoms with Crippen LogP contribution in [0.3, 0.4) is 0 Å². The highest BCUT2D eigenvalue weighted by Gasteiger charge is 2.42. The molecule has 0 unspecified atom stereocenters. The van der Waals surface area contributed by atoms with Crippen LogP contribution in [0.15, 0.2) is 36.9 Å². The van der Waals surface area contributed by atoms with Crippen LogP contribution in [0, 0.1) is 0 Å². The van der Waals surface area contributed by atoms with Crippen molar-refractivity contribution in [3.05, 3.63) is 42.5 Å². The van der Waals surface area contributed by atoms with Crippen molar-refractivity contribution in [2.24, 2.45) is 0 Å². The molecule has 1 fully saturated rings. The fourth-order valence-corrected chi connectivity index (χ4v) is 4.11. The van der Waals surface area contributed by atoms with Gasteiger partial charge in [0.05, 0.1) is 24.1 Å². The predicted octanol–water partition coefficient (Wildman–Crippen LogP) is 0.0710. The van der Waals surface area contributed by atoms with Crippen molar-refractivity contribution in [1.82, 2.24) is 24.4 Å². The van der Waals surface area contributed by atoms with Crippen LogP contribution in [-0.4, -0.2) is 83.0 Å². The lowest BCUT2D eigenvalue weighted by Gasteiger charge is -2.34. The molecular weight excluding hydrogens is 432 g/mol. The number of nitrogen functional groups attached to an aromatic ring is 1. The van der Waals surface area contributed by atoms with Gasteiger partial charge in [-0.15, -0.1) is 0 Å². The molecule has 1 aliphatic rings. The van der Waals surface area contributed by atoms with Gasteiger partial charge in [0.2, 0.25) is 0 Å². The van der Waals surface area contributed by atoms with E-state index >= 15 is 0 Å². The third-order valence-electron chi connectivity index (χ3n) is 5.64. The summed E-state index contributed by atoms with van der Waals surface area (Å²) in [6.07, 6.45) is 1.82. The number of aliphatic carboxylic acids is 1. The largest absolute Gasteiger partial charge is 0.482 e. The van der Waals surface area contributed by atoms with Gasteiger partial charge in [0, 0.05) is 25.1 Å². The first-order chi connectivity index (χ1) is 15.7. The number of aromatic nitrogens is 4. The fraction of sp³-hybridized carbons (Fsp3) is 0.381. The summed E-state index contributed by atoms with van der Waals surface area (Å²) in [5, 5.41) is 30.6. The van der Waals surface area contributed by atoms with E-state index in [4.69, 9.17) is 15.6 Å². The molecule has 3 aromatic rings. The van der Waals surface area contributed by atoms with E-state index in [-0.39, 0.29) is 36.6 Å². The molecule has 0 bridgehead atoms. The summed E-state index contributed by atoms with van der Waals surface area (Å²) >= 11 is 0. The van der Waals surface area contributed by atoms with Crippen LogP contribution in [0.25, 0.3) is 11.2 Å². The third kappa shape index (κ3) is 4.56. The summed E-state index contributed by atoms with van der Waals surface area (Å²) in [5.74, 6) is -1.12. The molecule has 3 atom stereocenters. The Hall–Kier alpha value is -3.77. The van der Waals surface area contributed by atoms with Gasteiger partial charge in [-0.05, 0) is 25.1 Å². The number of rotatable bonds is 5. The number of nitrogens with zero attached hydrogens (tertiary/aromatic N) is 5. The van der Waals surface area contributed by atoms with Crippen LogP contribution < -0.4 is 10.5 Å². The zero-order chi connectivity index (χ0) is 23.8. The number of hydrogen-bond donors (Lipinski definition) is 4. The highest BCUT2D eigenvalue weighted by Crippen LogP contribution is 2.34. The fourth-order valence-electron chi connectivity index (χ4n) is 4.11. The maximum atomic E-state index is 13.3. The first kappa shape index (κ1) is 22.4. The van der Waals surface area contributed by atoms with Crippen LogP contribution in [0.5, 0.6) is 5.75 Å². The highest BCUT2D eigenvalue weighted by molar-refractivity contribution is 5.94. The van der Waals surface area contributed by atoms with Crippen molar-refractivity contribution in [3.63, 3.8) is 0 Å². The summed E-state index contributed by atoms with van der Waals surface area (Å²) < 4.78 is 6.80. The lowest BCUT2D eigenvalue weighted by Crippen LogP contribution is -2.42. The minimum absolute atomic E-state index is 0.00452. The number of aliphatic hydroxyl groups is 2. The number of imidazole rings is 1. The Kier molecular flexibility index (Phi) is 5.87. The first-order valence-electron chi connectivity index (χ1n) is 10.2. The smallest absolute Gasteiger partial charge is 0.341 e. The number of aliphatic hydroxyl groups excluding tert-OH is 1. The molecule has 1 aliphatic heterocycles.